The van der Waals surface area contributed by atoms with Gasteiger partial charge in [0.05, 0.1) is 72.7 Å². The predicted octanol–water partition coefficient (Wildman–Crippen LogP) is 38.1. The molecule has 31 rings (SSSR count). The first-order valence-corrected chi connectivity index (χ1v) is 51.5. The molecule has 2 spiro atoms. The molecule has 0 amide bonds. The van der Waals surface area contributed by atoms with Crippen molar-refractivity contribution in [3.05, 3.63) is 590 Å². The second-order valence-corrected chi connectivity index (χ2v) is 40.2. The monoisotopic (exact) mass is 1870 g/mol. The van der Waals surface area contributed by atoms with Crippen LogP contribution in [-0.4, -0.2) is 9.13 Å². The Hall–Kier alpha value is -19.3. The van der Waals surface area contributed by atoms with E-state index in [0.717, 1.165) is 72.7 Å². The summed E-state index contributed by atoms with van der Waals surface area (Å²) in [7, 11) is 0. The van der Waals surface area contributed by atoms with Gasteiger partial charge in [-0.15, -0.1) is 0 Å². The Morgan fingerprint density at radius 1 is 0.142 bits per heavy atom. The van der Waals surface area contributed by atoms with Crippen LogP contribution in [0.25, 0.3) is 209 Å². The van der Waals surface area contributed by atoms with Crippen molar-refractivity contribution >= 4 is 121 Å². The standard InChI is InChI=1S/C144H90N4/c1-3-31-91(32-4-1)93-63-67-97(68-64-93)110-39-15-22-57-132(110)145(136-85-82-107(112-41-9-11-45-118(112)136)102-74-80-116-114-43-13-18-51-124(114)143(130(116)89-102)126-53-20-25-60-139(126)147-135-59-24-17-47-120(135)121-49-29-55-128(143)141(121)147)104-77-71-96(72-78-104)105-48-27-37-101-87-99(73-79-106(101)105)100-76-84-138-123(88-100)122-50-30-56-129-142(122)148(138)140-61-26-21-54-127(140)144(129)125-52-19-14-44-115(125)117-81-75-103(90-131(117)144)108-83-86-137(119-46-12-10-42-113(108)119)146(134-62-28-36-95-35-7-8-38-109(95)134)133-58-23-16-40-111(133)98-69-65-94(66-70-98)92-33-5-2-6-34-92/h1-90H. The van der Waals surface area contributed by atoms with Crippen LogP contribution in [-0.2, 0) is 10.8 Å². The molecule has 4 heterocycles. The van der Waals surface area contributed by atoms with Crippen molar-refractivity contribution in [2.75, 3.05) is 9.80 Å². The summed E-state index contributed by atoms with van der Waals surface area (Å²) >= 11 is 0. The number of hydrogen-bond donors (Lipinski definition) is 0. The topological polar surface area (TPSA) is 16.3 Å². The molecule has 148 heavy (non-hydrogen) atoms. The lowest BCUT2D eigenvalue weighted by molar-refractivity contribution is 0.749. The third-order valence-electron chi connectivity index (χ3n) is 32.9. The van der Waals surface area contributed by atoms with Crippen LogP contribution in [0.5, 0.6) is 0 Å². The van der Waals surface area contributed by atoms with Crippen LogP contribution in [0.3, 0.4) is 0 Å². The summed E-state index contributed by atoms with van der Waals surface area (Å²) in [6, 6.07) is 206. The number of fused-ring (bicyclic) bond motifs is 28. The van der Waals surface area contributed by atoms with Crippen molar-refractivity contribution in [3.63, 3.8) is 0 Å². The minimum atomic E-state index is -0.675. The van der Waals surface area contributed by atoms with Gasteiger partial charge in [-0.2, -0.15) is 0 Å². The fourth-order valence-corrected chi connectivity index (χ4v) is 26.6. The van der Waals surface area contributed by atoms with Gasteiger partial charge in [0, 0.05) is 54.5 Å². The van der Waals surface area contributed by atoms with Gasteiger partial charge in [0.25, 0.3) is 0 Å². The Morgan fingerprint density at radius 3 is 1.06 bits per heavy atom. The van der Waals surface area contributed by atoms with Crippen molar-refractivity contribution < 1.29 is 0 Å². The summed E-state index contributed by atoms with van der Waals surface area (Å²) in [5.41, 5.74) is 46.7. The van der Waals surface area contributed by atoms with Crippen LogP contribution in [0, 0.1) is 0 Å². The zero-order chi connectivity index (χ0) is 97.0. The Kier molecular flexibility index (Phi) is 18.4. The van der Waals surface area contributed by atoms with E-state index in [-0.39, 0.29) is 0 Å². The van der Waals surface area contributed by atoms with E-state index >= 15 is 0 Å². The smallest absolute Gasteiger partial charge is 0.0754 e. The normalized spacial score (nSPS) is 14.3. The Balaban J connectivity index is 0.506. The van der Waals surface area contributed by atoms with Crippen LogP contribution in [0.4, 0.5) is 34.1 Å². The quantitative estimate of drug-likeness (QED) is 0.108. The van der Waals surface area contributed by atoms with E-state index in [1.165, 1.54) is 215 Å². The van der Waals surface area contributed by atoms with Crippen LogP contribution in [0.1, 0.15) is 44.5 Å². The fraction of sp³-hybridized carbons (Fsp3) is 0.0139. The highest BCUT2D eigenvalue weighted by atomic mass is 15.2. The molecular formula is C144H90N4. The minimum absolute atomic E-state index is 0.596. The Bertz CT molecular complexity index is 10200. The van der Waals surface area contributed by atoms with Crippen molar-refractivity contribution in [2.45, 2.75) is 10.8 Å². The van der Waals surface area contributed by atoms with Crippen LogP contribution in [0.2, 0.25) is 0 Å². The molecule has 686 valence electrons. The largest absolute Gasteiger partial charge is 0.309 e. The zero-order valence-electron chi connectivity index (χ0n) is 80.8. The lowest BCUT2D eigenvalue weighted by Gasteiger charge is -2.39. The van der Waals surface area contributed by atoms with E-state index in [9.17, 15) is 0 Å². The summed E-state index contributed by atoms with van der Waals surface area (Å²) in [4.78, 5) is 5.03. The second kappa shape index (κ2) is 32.6. The van der Waals surface area contributed by atoms with Gasteiger partial charge in [-0.3, -0.25) is 0 Å². The van der Waals surface area contributed by atoms with Crippen molar-refractivity contribution in [1.82, 2.24) is 9.13 Å². The van der Waals surface area contributed by atoms with Crippen LogP contribution >= 0.6 is 0 Å². The molecule has 0 N–H and O–H groups in total. The highest BCUT2D eigenvalue weighted by Gasteiger charge is 2.53. The van der Waals surface area contributed by atoms with Gasteiger partial charge in [0.2, 0.25) is 0 Å². The molecular weight excluding hydrogens is 1790 g/mol. The van der Waals surface area contributed by atoms with Gasteiger partial charge in [0.1, 0.15) is 0 Å². The molecule has 0 radical (unpaired) electrons. The molecule has 4 aliphatic rings. The Morgan fingerprint density at radius 2 is 0.480 bits per heavy atom. The first kappa shape index (κ1) is 83.4. The minimum Gasteiger partial charge on any atom is -0.309 e. The van der Waals surface area contributed by atoms with Crippen molar-refractivity contribution in [1.29, 1.82) is 0 Å². The van der Waals surface area contributed by atoms with Gasteiger partial charge >= 0.3 is 0 Å². The maximum absolute atomic E-state index is 2.58. The molecule has 2 aliphatic carbocycles. The SMILES string of the molecule is c1ccc(-c2ccc(-c3ccccc3N(c3ccc(-c4cccc5cc(-c6ccc7c(c6)c6cccc8c6n7-c6ccccc6C86c7ccccc7-c7ccc(-c8ccc(N(c9ccccc9-c9ccc(-c%10ccccc%10)cc9)c9cccc%10ccccc9%10)c9ccccc89)cc76)ccc45)cc3)c3ccc(-c4ccc5c(c4)C4(c6ccccc6-5)c5ccccc5-n5c6ccccc6c6cccc4c65)c4ccccc34)cc2)cc1. The molecule has 4 heteroatoms. The summed E-state index contributed by atoms with van der Waals surface area (Å²) < 4.78 is 5.12. The maximum Gasteiger partial charge on any atom is 0.0754 e. The lowest BCUT2D eigenvalue weighted by atomic mass is 9.65. The molecule has 2 aliphatic heterocycles. The number of anilines is 6. The van der Waals surface area contributed by atoms with E-state index in [2.05, 4.69) is 565 Å². The number of para-hydroxylation sites is 7. The molecule has 27 aromatic rings. The molecule has 0 fully saturated rings. The summed E-state index contributed by atoms with van der Waals surface area (Å²) in [6.45, 7) is 0. The molecule has 0 bridgehead atoms. The molecule has 2 aromatic heterocycles. The summed E-state index contributed by atoms with van der Waals surface area (Å²) in [6.07, 6.45) is 0. The fourth-order valence-electron chi connectivity index (χ4n) is 26.6. The van der Waals surface area contributed by atoms with Gasteiger partial charge in [-0.05, 0) is 263 Å². The number of benzene rings is 25. The maximum atomic E-state index is 2.58. The average Bonchev–Trinajstić information content (AvgIpc) is 1.49. The first-order valence-electron chi connectivity index (χ1n) is 51.5. The third kappa shape index (κ3) is 12.1. The summed E-state index contributed by atoms with van der Waals surface area (Å²) in [5, 5.41) is 14.4. The zero-order valence-corrected chi connectivity index (χ0v) is 80.8. The molecule has 25 aromatic carbocycles. The van der Waals surface area contributed by atoms with Gasteiger partial charge in [-0.25, -0.2) is 0 Å². The van der Waals surface area contributed by atoms with Crippen molar-refractivity contribution in [3.8, 4) is 123 Å². The van der Waals surface area contributed by atoms with Gasteiger partial charge in [-0.1, -0.05) is 455 Å². The van der Waals surface area contributed by atoms with Gasteiger partial charge < -0.3 is 18.9 Å². The van der Waals surface area contributed by atoms with E-state index in [1.807, 2.05) is 0 Å². The number of hydrogen-bond acceptors (Lipinski definition) is 2. The van der Waals surface area contributed by atoms with Crippen LogP contribution < -0.4 is 9.80 Å². The third-order valence-corrected chi connectivity index (χ3v) is 32.9. The highest BCUT2D eigenvalue weighted by molar-refractivity contribution is 6.18. The van der Waals surface area contributed by atoms with Gasteiger partial charge in [0.15, 0.2) is 0 Å². The van der Waals surface area contributed by atoms with Crippen LogP contribution in [0.15, 0.2) is 546 Å². The lowest BCUT2D eigenvalue weighted by Crippen LogP contribution is -2.33. The highest BCUT2D eigenvalue weighted by Crippen LogP contribution is 2.65. The predicted molar refractivity (Wildman–Crippen MR) is 620 cm³/mol. The van der Waals surface area contributed by atoms with E-state index < -0.39 is 10.8 Å². The molecule has 4 nitrogen and oxygen atoms in total. The summed E-state index contributed by atoms with van der Waals surface area (Å²) in [5.74, 6) is 0. The number of nitrogens with zero attached hydrogens (tertiary/aromatic N) is 4. The van der Waals surface area contributed by atoms with E-state index in [4.69, 9.17) is 0 Å². The number of rotatable bonds is 14. The molecule has 0 saturated carbocycles. The average molecular weight is 1880 g/mol. The first-order chi connectivity index (χ1) is 73.4. The van der Waals surface area contributed by atoms with Crippen molar-refractivity contribution in [2.24, 2.45) is 0 Å². The van der Waals surface area contributed by atoms with E-state index in [1.54, 1.807) is 0 Å². The molecule has 2 atom stereocenters. The molecule has 2 unspecified atom stereocenters. The van der Waals surface area contributed by atoms with E-state index in [0.29, 0.717) is 0 Å². The molecule has 0 saturated heterocycles. The number of aromatic nitrogens is 2. The second-order valence-electron chi connectivity index (χ2n) is 40.2. The Labute approximate surface area is 857 Å².